The largest absolute Gasteiger partial charge is 0.520 e. The van der Waals surface area contributed by atoms with Gasteiger partial charge in [0, 0.05) is 5.57 Å². The first-order chi connectivity index (χ1) is 11.1. The highest BCUT2D eigenvalue weighted by Crippen LogP contribution is 2.39. The fraction of sp³-hybridized carbons (Fsp3) is 0.895. The summed E-state index contributed by atoms with van der Waals surface area (Å²) in [6.45, 7) is 18.5. The lowest BCUT2D eigenvalue weighted by Gasteiger charge is -2.38. The summed E-state index contributed by atoms with van der Waals surface area (Å²) in [5.41, 5.74) is 1.33. The second kappa shape index (κ2) is 9.44. The zero-order valence-corrected chi connectivity index (χ0v) is 19.3. The van der Waals surface area contributed by atoms with Gasteiger partial charge in [-0.2, -0.15) is 0 Å². The molecule has 0 saturated heterocycles. The highest BCUT2D eigenvalue weighted by Gasteiger charge is 2.36. The minimum Gasteiger partial charge on any atom is -0.520 e. The fourth-order valence-electron chi connectivity index (χ4n) is 3.30. The lowest BCUT2D eigenvalue weighted by atomic mass is 9.80. The molecule has 0 unspecified atom stereocenters. The zero-order valence-electron chi connectivity index (χ0n) is 17.3. The third kappa shape index (κ3) is 7.74. The van der Waals surface area contributed by atoms with Crippen molar-refractivity contribution in [3.63, 3.8) is 0 Å². The molecule has 142 valence electrons. The van der Waals surface area contributed by atoms with E-state index in [4.69, 9.17) is 13.6 Å². The Kier molecular flexibility index (Phi) is 8.56. The molecule has 0 radical (unpaired) electrons. The van der Waals surface area contributed by atoms with Crippen molar-refractivity contribution in [3.05, 3.63) is 11.5 Å². The quantitative estimate of drug-likeness (QED) is 0.351. The highest BCUT2D eigenvalue weighted by molar-refractivity contribution is 6.70. The summed E-state index contributed by atoms with van der Waals surface area (Å²) in [4.78, 5) is 0. The molecule has 1 saturated carbocycles. The van der Waals surface area contributed by atoms with Crippen molar-refractivity contribution < 1.29 is 13.6 Å². The summed E-state index contributed by atoms with van der Waals surface area (Å²) in [5, 5.41) is 0. The first-order valence-electron chi connectivity index (χ1n) is 9.81. The van der Waals surface area contributed by atoms with Gasteiger partial charge < -0.3 is 13.6 Å². The van der Waals surface area contributed by atoms with Crippen molar-refractivity contribution in [3.8, 4) is 0 Å². The van der Waals surface area contributed by atoms with Crippen molar-refractivity contribution in [1.82, 2.24) is 0 Å². The van der Waals surface area contributed by atoms with Gasteiger partial charge >= 0.3 is 0 Å². The van der Waals surface area contributed by atoms with Gasteiger partial charge in [0.05, 0.1) is 12.7 Å². The Balaban J connectivity index is 3.22. The maximum absolute atomic E-state index is 6.58. The molecule has 5 heteroatoms. The normalized spacial score (nSPS) is 24.7. The Morgan fingerprint density at radius 2 is 1.67 bits per heavy atom. The average molecular weight is 373 g/mol. The van der Waals surface area contributed by atoms with Crippen LogP contribution >= 0.6 is 0 Å². The third-order valence-electron chi connectivity index (χ3n) is 4.12. The predicted molar refractivity (Wildman–Crippen MR) is 108 cm³/mol. The zero-order chi connectivity index (χ0) is 18.4. The van der Waals surface area contributed by atoms with Gasteiger partial charge in [0.2, 0.25) is 8.32 Å². The third-order valence-corrected chi connectivity index (χ3v) is 5.91. The molecule has 0 N–H and O–H groups in total. The lowest BCUT2D eigenvalue weighted by molar-refractivity contribution is 0.0806. The van der Waals surface area contributed by atoms with E-state index in [0.29, 0.717) is 12.5 Å². The molecule has 24 heavy (non-hydrogen) atoms. The van der Waals surface area contributed by atoms with Crippen LogP contribution in [-0.2, 0) is 13.6 Å². The van der Waals surface area contributed by atoms with Gasteiger partial charge in [0.1, 0.15) is 0 Å². The molecule has 2 atom stereocenters. The summed E-state index contributed by atoms with van der Waals surface area (Å²) >= 11 is 0. The molecule has 0 aromatic heterocycles. The van der Waals surface area contributed by atoms with E-state index < -0.39 is 16.6 Å². The second-order valence-corrected chi connectivity index (χ2v) is 17.8. The minimum absolute atomic E-state index is 0.185. The number of rotatable bonds is 9. The summed E-state index contributed by atoms with van der Waals surface area (Å²) in [6, 6.07) is 0. The average Bonchev–Trinajstić information content (AvgIpc) is 2.41. The number of hydrogen-bond donors (Lipinski definition) is 0. The molecule has 0 bridgehead atoms. The summed E-state index contributed by atoms with van der Waals surface area (Å²) in [6.07, 6.45) is 7.51. The van der Waals surface area contributed by atoms with Gasteiger partial charge in [-0.15, -0.1) is 0 Å². The van der Waals surface area contributed by atoms with Crippen LogP contribution in [0.3, 0.4) is 0 Å². The van der Waals surface area contributed by atoms with Gasteiger partial charge in [-0.05, 0) is 77.8 Å². The molecule has 0 aliphatic heterocycles. The molecular formula is C19H40O3Si2. The van der Waals surface area contributed by atoms with Gasteiger partial charge in [0.25, 0.3) is 5.95 Å². The molecule has 1 aliphatic carbocycles. The van der Waals surface area contributed by atoms with E-state index in [1.165, 1.54) is 37.7 Å². The molecule has 0 heterocycles. The molecular weight excluding hydrogens is 332 g/mol. The fourth-order valence-corrected chi connectivity index (χ4v) is 5.13. The topological polar surface area (TPSA) is 27.7 Å². The van der Waals surface area contributed by atoms with Crippen LogP contribution in [-0.4, -0.2) is 29.3 Å². The van der Waals surface area contributed by atoms with Crippen molar-refractivity contribution in [2.24, 2.45) is 5.92 Å². The van der Waals surface area contributed by atoms with Gasteiger partial charge in [-0.3, -0.25) is 0 Å². The molecule has 0 amide bonds. The van der Waals surface area contributed by atoms with E-state index in [1.807, 2.05) is 6.92 Å². The van der Waals surface area contributed by atoms with Crippen LogP contribution in [0.25, 0.3) is 0 Å². The highest BCUT2D eigenvalue weighted by atomic mass is 28.4. The summed E-state index contributed by atoms with van der Waals surface area (Å²) < 4.78 is 19.0. The molecule has 1 fully saturated rings. The van der Waals surface area contributed by atoms with Gasteiger partial charge in [0.15, 0.2) is 8.32 Å². The van der Waals surface area contributed by atoms with E-state index in [9.17, 15) is 0 Å². The number of hydrogen-bond acceptors (Lipinski definition) is 3. The van der Waals surface area contributed by atoms with Gasteiger partial charge in [-0.25, -0.2) is 0 Å². The van der Waals surface area contributed by atoms with Gasteiger partial charge in [-0.1, -0.05) is 19.8 Å². The summed E-state index contributed by atoms with van der Waals surface area (Å²) in [7, 11) is -3.33. The standard InChI is InChI=1S/C19H40O3Si2/c1-9-11-13-16-14-12-15-17(21-23(3,4)5)18(16)19(20-10-2)22-24(6,7)8/h16-17H,9-15H2,1-8H3/b19-18-/t16-,17-/m0/s1. The van der Waals surface area contributed by atoms with Crippen molar-refractivity contribution >= 4 is 16.6 Å². The van der Waals surface area contributed by atoms with Crippen LogP contribution < -0.4 is 0 Å². The monoisotopic (exact) mass is 372 g/mol. The Morgan fingerprint density at radius 1 is 1.00 bits per heavy atom. The van der Waals surface area contributed by atoms with E-state index in [0.717, 1.165) is 12.4 Å². The van der Waals surface area contributed by atoms with Crippen molar-refractivity contribution in [2.45, 2.75) is 97.8 Å². The van der Waals surface area contributed by atoms with Crippen LogP contribution in [0.4, 0.5) is 0 Å². The number of unbranched alkanes of at least 4 members (excludes halogenated alkanes) is 1. The van der Waals surface area contributed by atoms with Crippen LogP contribution in [0, 0.1) is 5.92 Å². The van der Waals surface area contributed by atoms with E-state index in [1.54, 1.807) is 0 Å². The SMILES string of the molecule is CCCC[C@H]1CCC[C@H](O[Si](C)(C)C)/C1=C(/OCC)O[Si](C)(C)C. The number of ether oxygens (including phenoxy) is 1. The van der Waals surface area contributed by atoms with E-state index >= 15 is 0 Å². The Bertz CT molecular complexity index is 408. The van der Waals surface area contributed by atoms with Crippen molar-refractivity contribution in [2.75, 3.05) is 6.61 Å². The van der Waals surface area contributed by atoms with Crippen LogP contribution in [0.1, 0.15) is 52.4 Å². The molecule has 3 nitrogen and oxygen atoms in total. The Labute approximate surface area is 152 Å². The molecule has 1 rings (SSSR count). The van der Waals surface area contributed by atoms with E-state index in [2.05, 4.69) is 46.2 Å². The van der Waals surface area contributed by atoms with Crippen LogP contribution in [0.5, 0.6) is 0 Å². The second-order valence-electron chi connectivity index (χ2n) is 8.88. The Morgan fingerprint density at radius 3 is 2.17 bits per heavy atom. The minimum atomic E-state index is -1.72. The first-order valence-corrected chi connectivity index (χ1v) is 16.6. The molecule has 0 spiro atoms. The lowest BCUT2D eigenvalue weighted by Crippen LogP contribution is -2.39. The van der Waals surface area contributed by atoms with Crippen LogP contribution in [0.15, 0.2) is 11.5 Å². The first kappa shape index (κ1) is 21.8. The maximum Gasteiger partial charge on any atom is 0.267 e. The van der Waals surface area contributed by atoms with Crippen molar-refractivity contribution in [1.29, 1.82) is 0 Å². The van der Waals surface area contributed by atoms with E-state index in [-0.39, 0.29) is 6.10 Å². The van der Waals surface area contributed by atoms with Crippen LogP contribution in [0.2, 0.25) is 39.3 Å². The maximum atomic E-state index is 6.58. The molecule has 0 aromatic carbocycles. The summed E-state index contributed by atoms with van der Waals surface area (Å²) in [5.74, 6) is 1.36. The smallest absolute Gasteiger partial charge is 0.267 e. The predicted octanol–water partition coefficient (Wildman–Crippen LogP) is 6.30. The Hall–Kier alpha value is -0.266. The molecule has 1 aliphatic rings. The molecule has 0 aromatic rings.